The van der Waals surface area contributed by atoms with E-state index in [2.05, 4.69) is 0 Å². The molecule has 102 valence electrons. The zero-order valence-electron chi connectivity index (χ0n) is 9.78. The van der Waals surface area contributed by atoms with E-state index in [1.807, 2.05) is 0 Å². The van der Waals surface area contributed by atoms with Gasteiger partial charge >= 0.3 is 5.71 Å². The van der Waals surface area contributed by atoms with Crippen LogP contribution in [0.15, 0.2) is 0 Å². The first-order chi connectivity index (χ1) is 8.80. The number of hydrogen-bond acceptors (Lipinski definition) is 7. The van der Waals surface area contributed by atoms with Gasteiger partial charge in [-0.05, 0) is 0 Å². The van der Waals surface area contributed by atoms with Crippen LogP contribution < -0.4 is 0 Å². The lowest BCUT2D eigenvalue weighted by molar-refractivity contribution is -0.324. The van der Waals surface area contributed by atoms with Gasteiger partial charge in [-0.15, -0.1) is 0 Å². The smallest absolute Gasteiger partial charge is 0.369 e. The predicted molar refractivity (Wildman–Crippen MR) is 57.4 cm³/mol. The third kappa shape index (κ3) is 3.93. The molecule has 0 spiro atoms. The van der Waals surface area contributed by atoms with Gasteiger partial charge in [0.1, 0.15) is 18.3 Å². The van der Waals surface area contributed by atoms with Crippen molar-refractivity contribution in [1.82, 2.24) is 0 Å². The van der Waals surface area contributed by atoms with Crippen molar-refractivity contribution >= 4 is 8.46 Å². The molecule has 3 aliphatic rings. The van der Waals surface area contributed by atoms with E-state index in [1.54, 1.807) is 0 Å². The highest BCUT2D eigenvalue weighted by molar-refractivity contribution is 7.25. The van der Waals surface area contributed by atoms with Gasteiger partial charge in [0.15, 0.2) is 0 Å². The maximum Gasteiger partial charge on any atom is 0.369 e. The lowest BCUT2D eigenvalue weighted by Gasteiger charge is -2.26. The SMILES string of the molecule is O=PC(OCC1CO1)(OCC1CO1)OCC1CO1. The molecule has 0 amide bonds. The van der Waals surface area contributed by atoms with E-state index >= 15 is 0 Å². The summed E-state index contributed by atoms with van der Waals surface area (Å²) >= 11 is 0. The molecule has 0 aromatic rings. The van der Waals surface area contributed by atoms with Crippen molar-refractivity contribution in [1.29, 1.82) is 0 Å². The van der Waals surface area contributed by atoms with Gasteiger partial charge in [-0.2, -0.15) is 0 Å². The Kier molecular flexibility index (Phi) is 3.91. The Hall–Kier alpha value is -0.140. The predicted octanol–water partition coefficient (Wildman–Crippen LogP) is 0.136. The second-order valence-corrected chi connectivity index (χ2v) is 5.14. The van der Waals surface area contributed by atoms with E-state index in [1.165, 1.54) is 0 Å². The number of ether oxygens (including phenoxy) is 6. The van der Waals surface area contributed by atoms with Crippen LogP contribution in [-0.2, 0) is 33.0 Å². The molecule has 3 aliphatic heterocycles. The number of rotatable bonds is 10. The fourth-order valence-electron chi connectivity index (χ4n) is 1.29. The Labute approximate surface area is 106 Å². The van der Waals surface area contributed by atoms with Gasteiger partial charge in [-0.25, -0.2) is 0 Å². The molecule has 0 bridgehead atoms. The largest absolute Gasteiger partial charge is 0.371 e. The van der Waals surface area contributed by atoms with Gasteiger partial charge in [0.2, 0.25) is 0 Å². The van der Waals surface area contributed by atoms with Crippen LogP contribution in [0.2, 0.25) is 0 Å². The lowest BCUT2D eigenvalue weighted by Crippen LogP contribution is -2.37. The minimum atomic E-state index is -1.57. The number of hydrogen-bond donors (Lipinski definition) is 0. The third-order valence-electron chi connectivity index (χ3n) is 2.67. The zero-order valence-corrected chi connectivity index (χ0v) is 10.7. The number of epoxide rings is 3. The van der Waals surface area contributed by atoms with Gasteiger partial charge in [0.05, 0.1) is 39.6 Å². The molecular weight excluding hydrogens is 263 g/mol. The van der Waals surface area contributed by atoms with Crippen molar-refractivity contribution in [3.05, 3.63) is 0 Å². The van der Waals surface area contributed by atoms with E-state index in [-0.39, 0.29) is 26.8 Å². The molecule has 3 heterocycles. The first-order valence-electron chi connectivity index (χ1n) is 5.91. The Balaban J connectivity index is 1.51. The molecule has 3 unspecified atom stereocenters. The summed E-state index contributed by atoms with van der Waals surface area (Å²) in [6.07, 6.45) is 0.146. The molecule has 3 fully saturated rings. The van der Waals surface area contributed by atoms with Crippen LogP contribution in [0.5, 0.6) is 0 Å². The highest BCUT2D eigenvalue weighted by Gasteiger charge is 2.42. The lowest BCUT2D eigenvalue weighted by atomic mass is 10.5. The van der Waals surface area contributed by atoms with Crippen LogP contribution in [0.4, 0.5) is 0 Å². The second kappa shape index (κ2) is 5.46. The molecule has 3 saturated heterocycles. The summed E-state index contributed by atoms with van der Waals surface area (Å²) in [5, 5.41) is 0. The van der Waals surface area contributed by atoms with Gasteiger partial charge in [-0.3, -0.25) is 4.57 Å². The van der Waals surface area contributed by atoms with Crippen LogP contribution in [0.25, 0.3) is 0 Å². The quantitative estimate of drug-likeness (QED) is 0.319. The fourth-order valence-corrected chi connectivity index (χ4v) is 1.67. The van der Waals surface area contributed by atoms with E-state index in [0.717, 1.165) is 0 Å². The molecule has 0 N–H and O–H groups in total. The van der Waals surface area contributed by atoms with E-state index in [0.29, 0.717) is 39.6 Å². The first-order valence-corrected chi connectivity index (χ1v) is 6.72. The average molecular weight is 278 g/mol. The van der Waals surface area contributed by atoms with Crippen LogP contribution in [0, 0.1) is 0 Å². The van der Waals surface area contributed by atoms with Gasteiger partial charge < -0.3 is 28.4 Å². The van der Waals surface area contributed by atoms with Crippen LogP contribution >= 0.6 is 8.46 Å². The Morgan fingerprint density at radius 1 is 0.889 bits per heavy atom. The van der Waals surface area contributed by atoms with Crippen LogP contribution in [0.3, 0.4) is 0 Å². The summed E-state index contributed by atoms with van der Waals surface area (Å²) in [5.41, 5.74) is -1.57. The summed E-state index contributed by atoms with van der Waals surface area (Å²) in [6, 6.07) is 0. The summed E-state index contributed by atoms with van der Waals surface area (Å²) in [7, 11) is -0.369. The highest BCUT2D eigenvalue weighted by Crippen LogP contribution is 2.32. The fraction of sp³-hybridized carbons (Fsp3) is 1.00. The Bertz CT molecular complexity index is 260. The molecule has 0 aromatic carbocycles. The summed E-state index contributed by atoms with van der Waals surface area (Å²) in [5.74, 6) is 0. The molecule has 0 radical (unpaired) electrons. The Morgan fingerprint density at radius 2 is 1.22 bits per heavy atom. The monoisotopic (exact) mass is 278 g/mol. The van der Waals surface area contributed by atoms with E-state index in [9.17, 15) is 4.57 Å². The topological polar surface area (TPSA) is 82.4 Å². The van der Waals surface area contributed by atoms with Gasteiger partial charge in [0, 0.05) is 0 Å². The van der Waals surface area contributed by atoms with Crippen molar-refractivity contribution in [3.8, 4) is 0 Å². The van der Waals surface area contributed by atoms with E-state index in [4.69, 9.17) is 28.4 Å². The molecular formula is C10H15O7P. The summed E-state index contributed by atoms with van der Waals surface area (Å²) in [6.45, 7) is 2.86. The van der Waals surface area contributed by atoms with Crippen molar-refractivity contribution in [3.63, 3.8) is 0 Å². The first kappa shape index (κ1) is 12.9. The molecule has 8 heteroatoms. The van der Waals surface area contributed by atoms with Crippen molar-refractivity contribution in [2.75, 3.05) is 39.6 Å². The normalized spacial score (nSPS) is 36.3. The standard InChI is InChI=1S/C10H15O7P/c11-18-10(15-4-7-1-12-7,16-5-8-2-13-8)17-6-9-3-14-9/h7-9H,1-6H2. The molecule has 3 rings (SSSR count). The molecule has 18 heavy (non-hydrogen) atoms. The van der Waals surface area contributed by atoms with Gasteiger partial charge in [0.25, 0.3) is 8.46 Å². The summed E-state index contributed by atoms with van der Waals surface area (Å²) in [4.78, 5) is 0. The minimum absolute atomic E-state index is 0.0488. The van der Waals surface area contributed by atoms with Crippen molar-refractivity contribution < 1.29 is 33.0 Å². The van der Waals surface area contributed by atoms with Crippen LogP contribution in [0.1, 0.15) is 0 Å². The molecule has 7 nitrogen and oxygen atoms in total. The third-order valence-corrected chi connectivity index (χ3v) is 3.28. The highest BCUT2D eigenvalue weighted by atomic mass is 31.1. The van der Waals surface area contributed by atoms with Crippen LogP contribution in [-0.4, -0.2) is 63.7 Å². The minimum Gasteiger partial charge on any atom is -0.371 e. The van der Waals surface area contributed by atoms with Crippen molar-refractivity contribution in [2.24, 2.45) is 0 Å². The van der Waals surface area contributed by atoms with Crippen molar-refractivity contribution in [2.45, 2.75) is 24.0 Å². The Morgan fingerprint density at radius 3 is 1.44 bits per heavy atom. The maximum absolute atomic E-state index is 11.3. The molecule has 3 atom stereocenters. The molecule has 0 saturated carbocycles. The summed E-state index contributed by atoms with van der Waals surface area (Å²) < 4.78 is 42.8. The molecule has 0 aromatic heterocycles. The second-order valence-electron chi connectivity index (χ2n) is 4.41. The van der Waals surface area contributed by atoms with E-state index < -0.39 is 5.71 Å². The van der Waals surface area contributed by atoms with Gasteiger partial charge in [-0.1, -0.05) is 0 Å². The maximum atomic E-state index is 11.3. The molecule has 0 aliphatic carbocycles. The average Bonchev–Trinajstić information content (AvgIpc) is 3.26. The zero-order chi connectivity index (χ0) is 12.4.